The van der Waals surface area contributed by atoms with E-state index in [4.69, 9.17) is 0 Å². The molecule has 3 nitrogen and oxygen atoms in total. The zero-order chi connectivity index (χ0) is 11.4. The predicted molar refractivity (Wildman–Crippen MR) is 59.6 cm³/mol. The van der Waals surface area contributed by atoms with E-state index in [1.807, 2.05) is 0 Å². The summed E-state index contributed by atoms with van der Waals surface area (Å²) < 4.78 is 0.781. The first-order valence-corrected chi connectivity index (χ1v) is 4.89. The molecule has 0 fully saturated rings. The van der Waals surface area contributed by atoms with Crippen LogP contribution in [0.3, 0.4) is 0 Å². The Bertz CT molecular complexity index is 214. The van der Waals surface area contributed by atoms with Crippen LogP contribution in [-0.2, 0) is 4.79 Å². The summed E-state index contributed by atoms with van der Waals surface area (Å²) in [5, 5.41) is 2.81. The van der Waals surface area contributed by atoms with Crippen LogP contribution in [-0.4, -0.2) is 37.7 Å². The highest BCUT2D eigenvalue weighted by atomic mass is 16.1. The molecule has 0 aromatic carbocycles. The highest BCUT2D eigenvalue weighted by Gasteiger charge is 2.24. The van der Waals surface area contributed by atoms with Crippen molar-refractivity contribution >= 4 is 5.91 Å². The number of carbonyl (C=O) groups excluding carboxylic acids is 1. The Hall–Kier alpha value is -0.830. The number of hydrogen-bond donors (Lipinski definition) is 1. The Balaban J connectivity index is 4.08. The second-order valence-corrected chi connectivity index (χ2v) is 5.56. The number of nitrogens with zero attached hydrogens (tertiary/aromatic N) is 1. The first-order chi connectivity index (χ1) is 6.16. The molecule has 0 aromatic rings. The van der Waals surface area contributed by atoms with Crippen molar-refractivity contribution in [3.8, 4) is 0 Å². The van der Waals surface area contributed by atoms with Gasteiger partial charge in [0.1, 0.15) is 0 Å². The van der Waals surface area contributed by atoms with Crippen LogP contribution >= 0.6 is 0 Å². The normalized spacial score (nSPS) is 12.4. The van der Waals surface area contributed by atoms with Gasteiger partial charge in [0, 0.05) is 5.41 Å². The first-order valence-electron chi connectivity index (χ1n) is 4.89. The summed E-state index contributed by atoms with van der Waals surface area (Å²) in [6.45, 7) is 11.7. The summed E-state index contributed by atoms with van der Waals surface area (Å²) >= 11 is 0. The third-order valence-electron chi connectivity index (χ3n) is 1.77. The highest BCUT2D eigenvalue weighted by Crippen LogP contribution is 2.17. The van der Waals surface area contributed by atoms with Crippen LogP contribution in [0.4, 0.5) is 0 Å². The van der Waals surface area contributed by atoms with Gasteiger partial charge in [-0.3, -0.25) is 4.79 Å². The molecule has 0 spiro atoms. The largest absolute Gasteiger partial charge is 0.311 e. The molecule has 14 heavy (non-hydrogen) atoms. The van der Waals surface area contributed by atoms with Crippen molar-refractivity contribution in [1.82, 2.24) is 5.32 Å². The van der Waals surface area contributed by atoms with Crippen LogP contribution in [0.5, 0.6) is 0 Å². The van der Waals surface area contributed by atoms with Crippen molar-refractivity contribution in [2.75, 3.05) is 27.3 Å². The summed E-state index contributed by atoms with van der Waals surface area (Å²) in [7, 11) is 4.21. The molecule has 0 bridgehead atoms. The predicted octanol–water partition coefficient (Wildman–Crippen LogP) is 1.37. The topological polar surface area (TPSA) is 29.1 Å². The van der Waals surface area contributed by atoms with Crippen LogP contribution in [0.2, 0.25) is 0 Å². The Kier molecular flexibility index (Phi) is 4.33. The van der Waals surface area contributed by atoms with Crippen molar-refractivity contribution in [2.45, 2.75) is 20.8 Å². The van der Waals surface area contributed by atoms with Crippen LogP contribution in [0.15, 0.2) is 12.7 Å². The Labute approximate surface area is 87.4 Å². The van der Waals surface area contributed by atoms with Gasteiger partial charge in [0.25, 0.3) is 0 Å². The van der Waals surface area contributed by atoms with E-state index in [0.717, 1.165) is 11.0 Å². The van der Waals surface area contributed by atoms with Gasteiger partial charge in [0.15, 0.2) is 6.67 Å². The lowest BCUT2D eigenvalue weighted by Gasteiger charge is -2.35. The average molecular weight is 199 g/mol. The highest BCUT2D eigenvalue weighted by molar-refractivity contribution is 5.86. The lowest BCUT2D eigenvalue weighted by Crippen LogP contribution is -2.51. The Morgan fingerprint density at radius 1 is 1.43 bits per heavy atom. The van der Waals surface area contributed by atoms with E-state index in [2.05, 4.69) is 46.8 Å². The molecule has 0 aromatic heterocycles. The number of hydrogen-bond acceptors (Lipinski definition) is 1. The summed E-state index contributed by atoms with van der Waals surface area (Å²) in [6.07, 6.45) is 1.30. The van der Waals surface area contributed by atoms with Gasteiger partial charge in [-0.25, -0.2) is 0 Å². The molecule has 0 atom stereocenters. The quantitative estimate of drug-likeness (QED) is 0.413. The molecule has 0 radical (unpaired) electrons. The monoisotopic (exact) mass is 199 g/mol. The van der Waals surface area contributed by atoms with Gasteiger partial charge < -0.3 is 9.80 Å². The van der Waals surface area contributed by atoms with E-state index >= 15 is 0 Å². The summed E-state index contributed by atoms with van der Waals surface area (Å²) in [5.74, 6) is -0.106. The minimum atomic E-state index is -0.106. The second-order valence-electron chi connectivity index (χ2n) is 5.56. The minimum Gasteiger partial charge on any atom is -0.311 e. The maximum atomic E-state index is 11.0. The summed E-state index contributed by atoms with van der Waals surface area (Å²) in [6, 6.07) is 0. The molecule has 1 N–H and O–H groups in total. The van der Waals surface area contributed by atoms with Crippen LogP contribution in [0.25, 0.3) is 0 Å². The van der Waals surface area contributed by atoms with E-state index in [1.54, 1.807) is 0 Å². The lowest BCUT2D eigenvalue weighted by molar-refractivity contribution is -0.898. The molecule has 0 saturated carbocycles. The fourth-order valence-corrected chi connectivity index (χ4v) is 1.70. The zero-order valence-electron chi connectivity index (χ0n) is 10.1. The molecular formula is C11H23N2O+. The van der Waals surface area contributed by atoms with E-state index in [9.17, 15) is 4.79 Å². The van der Waals surface area contributed by atoms with Gasteiger partial charge >= 0.3 is 0 Å². The lowest BCUT2D eigenvalue weighted by atomic mass is 9.95. The fraction of sp³-hybridized carbons (Fsp3) is 0.727. The molecule has 0 unspecified atom stereocenters. The number of carbonyl (C=O) groups is 1. The Morgan fingerprint density at radius 2 is 1.93 bits per heavy atom. The van der Waals surface area contributed by atoms with E-state index in [-0.39, 0.29) is 11.3 Å². The van der Waals surface area contributed by atoms with Crippen molar-refractivity contribution in [1.29, 1.82) is 0 Å². The molecule has 0 saturated heterocycles. The van der Waals surface area contributed by atoms with Crippen LogP contribution in [0, 0.1) is 5.41 Å². The number of quaternary nitrogens is 1. The molecule has 0 rings (SSSR count). The van der Waals surface area contributed by atoms with Gasteiger partial charge in [0.05, 0.1) is 20.6 Å². The molecule has 0 aliphatic rings. The van der Waals surface area contributed by atoms with E-state index < -0.39 is 0 Å². The molecule has 0 heterocycles. The SMILES string of the molecule is C=CC(=O)NC[N+](C)(C)CC(C)(C)C. The van der Waals surface area contributed by atoms with Crippen molar-refractivity contribution in [2.24, 2.45) is 5.41 Å². The Morgan fingerprint density at radius 3 is 2.29 bits per heavy atom. The summed E-state index contributed by atoms with van der Waals surface area (Å²) in [4.78, 5) is 11.0. The summed E-state index contributed by atoms with van der Waals surface area (Å²) in [5.41, 5.74) is 0.266. The number of nitrogens with one attached hydrogen (secondary N) is 1. The molecular weight excluding hydrogens is 176 g/mol. The van der Waals surface area contributed by atoms with Crippen molar-refractivity contribution in [3.63, 3.8) is 0 Å². The van der Waals surface area contributed by atoms with Gasteiger partial charge in [-0.1, -0.05) is 27.4 Å². The van der Waals surface area contributed by atoms with Gasteiger partial charge in [-0.2, -0.15) is 0 Å². The molecule has 82 valence electrons. The third-order valence-corrected chi connectivity index (χ3v) is 1.77. The van der Waals surface area contributed by atoms with Crippen molar-refractivity contribution < 1.29 is 9.28 Å². The smallest absolute Gasteiger partial charge is 0.247 e. The molecule has 1 amide bonds. The fourth-order valence-electron chi connectivity index (χ4n) is 1.70. The van der Waals surface area contributed by atoms with Crippen LogP contribution in [0.1, 0.15) is 20.8 Å². The minimum absolute atomic E-state index is 0.106. The maximum Gasteiger partial charge on any atom is 0.247 e. The van der Waals surface area contributed by atoms with Crippen LogP contribution < -0.4 is 5.32 Å². The second kappa shape index (κ2) is 4.60. The molecule has 3 heteroatoms. The standard InChI is InChI=1S/C11H22N2O/c1-7-10(14)12-9-13(5,6)8-11(2,3)4/h7H,1,8-9H2,2-6H3/p+1. The van der Waals surface area contributed by atoms with Gasteiger partial charge in [-0.05, 0) is 6.08 Å². The number of rotatable bonds is 4. The molecule has 0 aliphatic carbocycles. The molecule has 0 aliphatic heterocycles. The first kappa shape index (κ1) is 13.2. The van der Waals surface area contributed by atoms with E-state index in [1.165, 1.54) is 6.08 Å². The average Bonchev–Trinajstić information content (AvgIpc) is 1.96. The maximum absolute atomic E-state index is 11.0. The van der Waals surface area contributed by atoms with Gasteiger partial charge in [-0.15, -0.1) is 0 Å². The number of amides is 1. The van der Waals surface area contributed by atoms with Crippen molar-refractivity contribution in [3.05, 3.63) is 12.7 Å². The zero-order valence-corrected chi connectivity index (χ0v) is 10.1. The third kappa shape index (κ3) is 6.66. The van der Waals surface area contributed by atoms with E-state index in [0.29, 0.717) is 6.67 Å². The van der Waals surface area contributed by atoms with Gasteiger partial charge in [0.2, 0.25) is 5.91 Å².